The second kappa shape index (κ2) is 7.59. The maximum absolute atomic E-state index is 12.2. The SMILES string of the molecule is CC(C)(C)CC(=O)N1CCN(CC=Cc2ccccc2)CC1. The fourth-order valence-electron chi connectivity index (χ4n) is 2.65. The Morgan fingerprint density at radius 1 is 1.09 bits per heavy atom. The average molecular weight is 300 g/mol. The molecular formula is C19H28N2O. The predicted molar refractivity (Wildman–Crippen MR) is 92.6 cm³/mol. The average Bonchev–Trinajstić information content (AvgIpc) is 2.47. The molecule has 0 unspecified atom stereocenters. The summed E-state index contributed by atoms with van der Waals surface area (Å²) in [7, 11) is 0. The van der Waals surface area contributed by atoms with Crippen LogP contribution in [0.3, 0.4) is 0 Å². The fraction of sp³-hybridized carbons (Fsp3) is 0.526. The Hall–Kier alpha value is -1.61. The van der Waals surface area contributed by atoms with Crippen LogP contribution in [0.25, 0.3) is 6.08 Å². The molecule has 1 fully saturated rings. The molecule has 0 aromatic heterocycles. The fourth-order valence-corrected chi connectivity index (χ4v) is 2.65. The highest BCUT2D eigenvalue weighted by Crippen LogP contribution is 2.20. The number of piperazine rings is 1. The van der Waals surface area contributed by atoms with Gasteiger partial charge in [-0.15, -0.1) is 0 Å². The monoisotopic (exact) mass is 300 g/mol. The summed E-state index contributed by atoms with van der Waals surface area (Å²) < 4.78 is 0. The van der Waals surface area contributed by atoms with E-state index in [0.717, 1.165) is 32.7 Å². The molecule has 120 valence electrons. The highest BCUT2D eigenvalue weighted by molar-refractivity contribution is 5.76. The summed E-state index contributed by atoms with van der Waals surface area (Å²) >= 11 is 0. The number of hydrogen-bond acceptors (Lipinski definition) is 2. The molecular weight excluding hydrogens is 272 g/mol. The van der Waals surface area contributed by atoms with Crippen molar-refractivity contribution in [2.45, 2.75) is 27.2 Å². The zero-order valence-corrected chi connectivity index (χ0v) is 14.1. The van der Waals surface area contributed by atoms with Gasteiger partial charge in [0.1, 0.15) is 0 Å². The summed E-state index contributed by atoms with van der Waals surface area (Å²) in [5.41, 5.74) is 1.31. The van der Waals surface area contributed by atoms with E-state index in [2.05, 4.69) is 62.1 Å². The third-order valence-corrected chi connectivity index (χ3v) is 3.88. The first-order valence-electron chi connectivity index (χ1n) is 8.16. The maximum Gasteiger partial charge on any atom is 0.223 e. The van der Waals surface area contributed by atoms with Crippen molar-refractivity contribution in [3.63, 3.8) is 0 Å². The highest BCUT2D eigenvalue weighted by Gasteiger charge is 2.24. The molecule has 1 aliphatic rings. The maximum atomic E-state index is 12.2. The Bertz CT molecular complexity index is 494. The third-order valence-electron chi connectivity index (χ3n) is 3.88. The van der Waals surface area contributed by atoms with Gasteiger partial charge in [-0.25, -0.2) is 0 Å². The Kier molecular flexibility index (Phi) is 5.78. The van der Waals surface area contributed by atoms with E-state index in [9.17, 15) is 4.79 Å². The molecule has 0 bridgehead atoms. The normalized spacial score (nSPS) is 17.1. The molecule has 0 atom stereocenters. The van der Waals surface area contributed by atoms with Gasteiger partial charge in [0.2, 0.25) is 5.91 Å². The molecule has 0 radical (unpaired) electrons. The number of hydrogen-bond donors (Lipinski definition) is 0. The molecule has 0 spiro atoms. The van der Waals surface area contributed by atoms with E-state index >= 15 is 0 Å². The topological polar surface area (TPSA) is 23.6 Å². The zero-order chi connectivity index (χ0) is 16.0. The van der Waals surface area contributed by atoms with Crippen LogP contribution in [-0.4, -0.2) is 48.4 Å². The summed E-state index contributed by atoms with van der Waals surface area (Å²) in [6.07, 6.45) is 5.01. The second-order valence-electron chi connectivity index (χ2n) is 7.23. The van der Waals surface area contributed by atoms with E-state index in [1.807, 2.05) is 11.0 Å². The van der Waals surface area contributed by atoms with Crippen LogP contribution < -0.4 is 0 Å². The summed E-state index contributed by atoms with van der Waals surface area (Å²) in [5.74, 6) is 0.298. The van der Waals surface area contributed by atoms with E-state index in [1.54, 1.807) is 0 Å². The molecule has 0 N–H and O–H groups in total. The highest BCUT2D eigenvalue weighted by atomic mass is 16.2. The number of amides is 1. The van der Waals surface area contributed by atoms with Gasteiger partial charge in [0, 0.05) is 39.1 Å². The van der Waals surface area contributed by atoms with Crippen LogP contribution in [0.1, 0.15) is 32.8 Å². The summed E-state index contributed by atoms with van der Waals surface area (Å²) in [5, 5.41) is 0. The first-order chi connectivity index (χ1) is 10.4. The van der Waals surface area contributed by atoms with Gasteiger partial charge in [0.05, 0.1) is 0 Å². The van der Waals surface area contributed by atoms with Gasteiger partial charge >= 0.3 is 0 Å². The molecule has 2 rings (SSSR count). The summed E-state index contributed by atoms with van der Waals surface area (Å²) in [4.78, 5) is 16.6. The van der Waals surface area contributed by atoms with E-state index < -0.39 is 0 Å². The smallest absolute Gasteiger partial charge is 0.223 e. The molecule has 1 aromatic rings. The van der Waals surface area contributed by atoms with E-state index in [1.165, 1.54) is 5.56 Å². The number of rotatable bonds is 4. The van der Waals surface area contributed by atoms with Gasteiger partial charge < -0.3 is 4.90 Å². The van der Waals surface area contributed by atoms with Crippen LogP contribution in [0.4, 0.5) is 0 Å². The quantitative estimate of drug-likeness (QED) is 0.852. The summed E-state index contributed by atoms with van der Waals surface area (Å²) in [6, 6.07) is 10.4. The van der Waals surface area contributed by atoms with Crippen LogP contribution in [-0.2, 0) is 4.79 Å². The Balaban J connectivity index is 1.73. The van der Waals surface area contributed by atoms with Gasteiger partial charge in [0.15, 0.2) is 0 Å². The molecule has 1 aromatic carbocycles. The van der Waals surface area contributed by atoms with Gasteiger partial charge in [0.25, 0.3) is 0 Å². The third kappa shape index (κ3) is 5.64. The van der Waals surface area contributed by atoms with Crippen LogP contribution in [0, 0.1) is 5.41 Å². The minimum atomic E-state index is 0.0760. The lowest BCUT2D eigenvalue weighted by molar-refractivity contribution is -0.134. The van der Waals surface area contributed by atoms with Gasteiger partial charge in [-0.2, -0.15) is 0 Å². The lowest BCUT2D eigenvalue weighted by atomic mass is 9.91. The number of benzene rings is 1. The predicted octanol–water partition coefficient (Wildman–Crippen LogP) is 3.28. The molecule has 22 heavy (non-hydrogen) atoms. The second-order valence-corrected chi connectivity index (χ2v) is 7.23. The minimum Gasteiger partial charge on any atom is -0.340 e. The number of carbonyl (C=O) groups excluding carboxylic acids is 1. The number of nitrogens with zero attached hydrogens (tertiary/aromatic N) is 2. The van der Waals surface area contributed by atoms with Crippen LogP contribution >= 0.6 is 0 Å². The Morgan fingerprint density at radius 2 is 1.73 bits per heavy atom. The van der Waals surface area contributed by atoms with Crippen LogP contribution in [0.15, 0.2) is 36.4 Å². The van der Waals surface area contributed by atoms with Crippen molar-refractivity contribution in [1.29, 1.82) is 0 Å². The molecule has 1 saturated heterocycles. The van der Waals surface area contributed by atoms with Gasteiger partial charge in [-0.05, 0) is 11.0 Å². The molecule has 0 saturated carbocycles. The van der Waals surface area contributed by atoms with Gasteiger partial charge in [-0.3, -0.25) is 9.69 Å². The molecule has 3 nitrogen and oxygen atoms in total. The van der Waals surface area contributed by atoms with Crippen molar-refractivity contribution in [2.24, 2.45) is 5.41 Å². The van der Waals surface area contributed by atoms with E-state index in [-0.39, 0.29) is 5.41 Å². The van der Waals surface area contributed by atoms with Gasteiger partial charge in [-0.1, -0.05) is 63.3 Å². The lowest BCUT2D eigenvalue weighted by Gasteiger charge is -2.35. The Morgan fingerprint density at radius 3 is 2.32 bits per heavy atom. The lowest BCUT2D eigenvalue weighted by Crippen LogP contribution is -2.49. The molecule has 1 amide bonds. The standard InChI is InChI=1S/C19H28N2O/c1-19(2,3)16-18(22)21-14-12-20(13-15-21)11-7-10-17-8-5-4-6-9-17/h4-10H,11-16H2,1-3H3. The van der Waals surface area contributed by atoms with Crippen LogP contribution in [0.2, 0.25) is 0 Å². The first-order valence-corrected chi connectivity index (χ1v) is 8.16. The zero-order valence-electron chi connectivity index (χ0n) is 14.1. The van der Waals surface area contributed by atoms with E-state index in [0.29, 0.717) is 12.3 Å². The number of carbonyl (C=O) groups is 1. The molecule has 1 heterocycles. The summed E-state index contributed by atoms with van der Waals surface area (Å²) in [6.45, 7) is 11.0. The van der Waals surface area contributed by atoms with Crippen molar-refractivity contribution in [3.05, 3.63) is 42.0 Å². The van der Waals surface area contributed by atoms with Crippen molar-refractivity contribution in [2.75, 3.05) is 32.7 Å². The minimum absolute atomic E-state index is 0.0760. The largest absolute Gasteiger partial charge is 0.340 e. The first kappa shape index (κ1) is 16.8. The Labute approximate surface area is 134 Å². The molecule has 0 aliphatic carbocycles. The molecule has 1 aliphatic heterocycles. The van der Waals surface area contributed by atoms with Crippen molar-refractivity contribution >= 4 is 12.0 Å². The van der Waals surface area contributed by atoms with Crippen molar-refractivity contribution in [3.8, 4) is 0 Å². The molecule has 3 heteroatoms. The van der Waals surface area contributed by atoms with Crippen molar-refractivity contribution < 1.29 is 4.79 Å². The van der Waals surface area contributed by atoms with Crippen molar-refractivity contribution in [1.82, 2.24) is 9.80 Å². The van der Waals surface area contributed by atoms with Crippen LogP contribution in [0.5, 0.6) is 0 Å². The van der Waals surface area contributed by atoms with E-state index in [4.69, 9.17) is 0 Å².